The second kappa shape index (κ2) is 8.31. The lowest BCUT2D eigenvalue weighted by Crippen LogP contribution is -2.30. The molecule has 1 aromatic carbocycles. The fourth-order valence-corrected chi connectivity index (χ4v) is 5.53. The van der Waals surface area contributed by atoms with Gasteiger partial charge in [0.05, 0.1) is 11.7 Å². The van der Waals surface area contributed by atoms with Crippen LogP contribution in [0.4, 0.5) is 5.82 Å². The zero-order valence-corrected chi connectivity index (χ0v) is 20.1. The van der Waals surface area contributed by atoms with Gasteiger partial charge in [-0.3, -0.25) is 4.98 Å². The third-order valence-corrected chi connectivity index (χ3v) is 7.56. The topological polar surface area (TPSA) is 70.6 Å². The Morgan fingerprint density at radius 3 is 2.63 bits per heavy atom. The van der Waals surface area contributed by atoms with Gasteiger partial charge in [0.25, 0.3) is 0 Å². The molecule has 174 valence electrons. The molecule has 4 aromatic heterocycles. The maximum absolute atomic E-state index is 6.48. The van der Waals surface area contributed by atoms with Crippen LogP contribution in [0.25, 0.3) is 44.6 Å². The van der Waals surface area contributed by atoms with Crippen molar-refractivity contribution in [2.75, 3.05) is 18.0 Å². The zero-order valence-electron chi connectivity index (χ0n) is 19.3. The van der Waals surface area contributed by atoms with Gasteiger partial charge in [-0.2, -0.15) is 0 Å². The summed E-state index contributed by atoms with van der Waals surface area (Å²) < 4.78 is 0. The van der Waals surface area contributed by atoms with Crippen molar-refractivity contribution >= 4 is 39.4 Å². The molecule has 0 atom stereocenters. The molecule has 0 unspecified atom stereocenters. The number of aromatic amines is 1. The molecular formula is C28H25ClN6. The minimum absolute atomic E-state index is 0.583. The van der Waals surface area contributed by atoms with E-state index in [4.69, 9.17) is 21.6 Å². The number of nitrogens with zero attached hydrogens (tertiary/aromatic N) is 5. The number of nitrogens with one attached hydrogen (secondary N) is 1. The Hall–Kier alpha value is -3.51. The van der Waals surface area contributed by atoms with E-state index in [1.807, 2.05) is 48.9 Å². The lowest BCUT2D eigenvalue weighted by molar-refractivity contribution is 0.574. The highest BCUT2D eigenvalue weighted by Gasteiger charge is 2.29. The number of fused-ring (bicyclic) bond motifs is 2. The van der Waals surface area contributed by atoms with E-state index in [-0.39, 0.29) is 0 Å². The molecule has 1 aliphatic heterocycles. The van der Waals surface area contributed by atoms with Crippen LogP contribution in [-0.2, 0) is 0 Å². The van der Waals surface area contributed by atoms with Gasteiger partial charge < -0.3 is 9.88 Å². The Morgan fingerprint density at radius 2 is 1.80 bits per heavy atom. The fourth-order valence-electron chi connectivity index (χ4n) is 5.29. The molecule has 1 saturated carbocycles. The maximum Gasteiger partial charge on any atom is 0.163 e. The molecule has 6 nitrogen and oxygen atoms in total. The molecule has 2 fully saturated rings. The van der Waals surface area contributed by atoms with Crippen molar-refractivity contribution in [1.29, 1.82) is 0 Å². The lowest BCUT2D eigenvalue weighted by atomic mass is 10.0. The maximum atomic E-state index is 6.48. The monoisotopic (exact) mass is 480 g/mol. The second-order valence-corrected chi connectivity index (χ2v) is 10.0. The number of H-pyrrole nitrogens is 1. The molecule has 0 spiro atoms. The third-order valence-electron chi connectivity index (χ3n) is 7.23. The van der Waals surface area contributed by atoms with Gasteiger partial charge in [-0.15, -0.1) is 0 Å². The number of anilines is 1. The first-order chi connectivity index (χ1) is 17.3. The Kier molecular flexibility index (Phi) is 4.94. The quantitative estimate of drug-likeness (QED) is 0.308. The summed E-state index contributed by atoms with van der Waals surface area (Å²) >= 11 is 6.48. The Labute approximate surface area is 208 Å². The Morgan fingerprint density at radius 1 is 0.943 bits per heavy atom. The standard InChI is InChI=1S/C28H25ClN6/c29-22-7-3-2-6-19(22)23-14-20-18(10-11-31-26(20)32-23)27-33-24-16-30-15-21(17-8-9-17)25(24)28(34-27)35-12-4-1-5-13-35/h2-3,6-7,10-11,14-17H,1,4-5,8-9,12-13H2,(H,31,32). The molecule has 1 saturated heterocycles. The SMILES string of the molecule is Clc1ccccc1-c1cc2c(-c3nc(N4CCCCC4)c4c(C5CC5)cncc4n3)ccnc2[nH]1. The molecular weight excluding hydrogens is 456 g/mol. The number of rotatable bonds is 4. The van der Waals surface area contributed by atoms with Gasteiger partial charge in [0.15, 0.2) is 5.82 Å². The zero-order chi connectivity index (χ0) is 23.4. The van der Waals surface area contributed by atoms with E-state index in [1.165, 1.54) is 43.1 Å². The number of piperidine rings is 1. The molecule has 5 heterocycles. The minimum atomic E-state index is 0.583. The smallest absolute Gasteiger partial charge is 0.163 e. The van der Waals surface area contributed by atoms with Crippen LogP contribution in [0.1, 0.15) is 43.6 Å². The normalized spacial score (nSPS) is 16.3. The van der Waals surface area contributed by atoms with E-state index in [0.29, 0.717) is 16.8 Å². The summed E-state index contributed by atoms with van der Waals surface area (Å²) in [7, 11) is 0. The van der Waals surface area contributed by atoms with Crippen molar-refractivity contribution in [2.45, 2.75) is 38.0 Å². The largest absolute Gasteiger partial charge is 0.356 e. The van der Waals surface area contributed by atoms with Gasteiger partial charge in [-0.1, -0.05) is 29.8 Å². The van der Waals surface area contributed by atoms with Crippen LogP contribution in [-0.4, -0.2) is 38.0 Å². The molecule has 1 N–H and O–H groups in total. The average Bonchev–Trinajstić information content (AvgIpc) is 3.66. The van der Waals surface area contributed by atoms with E-state index in [1.54, 1.807) is 0 Å². The summed E-state index contributed by atoms with van der Waals surface area (Å²) in [5.41, 5.74) is 5.86. The highest BCUT2D eigenvalue weighted by molar-refractivity contribution is 6.33. The molecule has 7 heteroatoms. The fraction of sp³-hybridized carbons (Fsp3) is 0.286. The van der Waals surface area contributed by atoms with Crippen molar-refractivity contribution < 1.29 is 0 Å². The molecule has 5 aromatic rings. The first-order valence-electron chi connectivity index (χ1n) is 12.4. The molecule has 0 radical (unpaired) electrons. The first-order valence-corrected chi connectivity index (χ1v) is 12.8. The van der Waals surface area contributed by atoms with Gasteiger partial charge in [0.2, 0.25) is 0 Å². The van der Waals surface area contributed by atoms with Crippen molar-refractivity contribution in [3.8, 4) is 22.6 Å². The molecule has 2 aliphatic rings. The van der Waals surface area contributed by atoms with Gasteiger partial charge >= 0.3 is 0 Å². The predicted octanol–water partition coefficient (Wildman–Crippen LogP) is 6.76. The van der Waals surface area contributed by atoms with E-state index in [2.05, 4.69) is 25.9 Å². The summed E-state index contributed by atoms with van der Waals surface area (Å²) in [6.45, 7) is 2.06. The molecule has 0 bridgehead atoms. The van der Waals surface area contributed by atoms with E-state index >= 15 is 0 Å². The number of halogens is 1. The van der Waals surface area contributed by atoms with Crippen LogP contribution in [0.15, 0.2) is 55.0 Å². The summed E-state index contributed by atoms with van der Waals surface area (Å²) in [4.78, 5) is 25.3. The van der Waals surface area contributed by atoms with Crippen molar-refractivity contribution in [3.63, 3.8) is 0 Å². The minimum Gasteiger partial charge on any atom is -0.356 e. The number of hydrogen-bond donors (Lipinski definition) is 1. The van der Waals surface area contributed by atoms with Gasteiger partial charge in [-0.25, -0.2) is 15.0 Å². The first kappa shape index (κ1) is 20.8. The van der Waals surface area contributed by atoms with Crippen molar-refractivity contribution in [1.82, 2.24) is 24.9 Å². The lowest BCUT2D eigenvalue weighted by Gasteiger charge is -2.29. The van der Waals surface area contributed by atoms with Crippen LogP contribution < -0.4 is 4.90 Å². The van der Waals surface area contributed by atoms with Crippen LogP contribution in [0.3, 0.4) is 0 Å². The number of aromatic nitrogens is 5. The highest BCUT2D eigenvalue weighted by Crippen LogP contribution is 2.45. The summed E-state index contributed by atoms with van der Waals surface area (Å²) in [6.07, 6.45) is 11.9. The number of hydrogen-bond acceptors (Lipinski definition) is 5. The summed E-state index contributed by atoms with van der Waals surface area (Å²) in [6, 6.07) is 11.9. The third kappa shape index (κ3) is 3.64. The van der Waals surface area contributed by atoms with Gasteiger partial charge in [-0.05, 0) is 61.8 Å². The van der Waals surface area contributed by atoms with Crippen molar-refractivity contribution in [3.05, 3.63) is 65.6 Å². The van der Waals surface area contributed by atoms with E-state index < -0.39 is 0 Å². The van der Waals surface area contributed by atoms with E-state index in [9.17, 15) is 0 Å². The van der Waals surface area contributed by atoms with Crippen LogP contribution in [0.2, 0.25) is 5.02 Å². The van der Waals surface area contributed by atoms with Gasteiger partial charge in [0.1, 0.15) is 11.5 Å². The second-order valence-electron chi connectivity index (χ2n) is 9.60. The molecule has 1 aliphatic carbocycles. The Balaban J connectivity index is 1.44. The van der Waals surface area contributed by atoms with Crippen LogP contribution in [0.5, 0.6) is 0 Å². The van der Waals surface area contributed by atoms with Crippen molar-refractivity contribution in [2.24, 2.45) is 0 Å². The number of benzene rings is 1. The Bertz CT molecular complexity index is 1570. The number of pyridine rings is 2. The summed E-state index contributed by atoms with van der Waals surface area (Å²) in [5.74, 6) is 2.35. The average molecular weight is 481 g/mol. The van der Waals surface area contributed by atoms with Crippen LogP contribution >= 0.6 is 11.6 Å². The van der Waals surface area contributed by atoms with E-state index in [0.717, 1.165) is 52.3 Å². The summed E-state index contributed by atoms with van der Waals surface area (Å²) in [5, 5.41) is 2.87. The van der Waals surface area contributed by atoms with Gasteiger partial charge in [0, 0.05) is 58.1 Å². The van der Waals surface area contributed by atoms with Crippen LogP contribution in [0, 0.1) is 0 Å². The molecule has 7 rings (SSSR count). The molecule has 35 heavy (non-hydrogen) atoms. The molecule has 0 amide bonds. The predicted molar refractivity (Wildman–Crippen MR) is 141 cm³/mol. The highest BCUT2D eigenvalue weighted by atomic mass is 35.5.